The molecular weight excluding hydrogens is 312 g/mol. The molecule has 1 N–H and O–H groups in total. The van der Waals surface area contributed by atoms with E-state index in [1.807, 2.05) is 25.1 Å². The zero-order chi connectivity index (χ0) is 13.8. The number of carboxylic acids is 1. The van der Waals surface area contributed by atoms with Gasteiger partial charge in [-0.1, -0.05) is 22.0 Å². The molecule has 0 aliphatic heterocycles. The molecule has 19 heavy (non-hydrogen) atoms. The SMILES string of the molecule is Cc1ccc(-c2nnc(CCCC(=O)O)o2)cc1Br. The number of benzene rings is 1. The van der Waals surface area contributed by atoms with E-state index in [2.05, 4.69) is 26.1 Å². The van der Waals surface area contributed by atoms with Crippen LogP contribution in [0.3, 0.4) is 0 Å². The third-order valence-corrected chi connectivity index (χ3v) is 3.52. The summed E-state index contributed by atoms with van der Waals surface area (Å²) in [5.41, 5.74) is 1.97. The maximum atomic E-state index is 10.4. The summed E-state index contributed by atoms with van der Waals surface area (Å²) >= 11 is 3.45. The smallest absolute Gasteiger partial charge is 0.303 e. The molecule has 0 aliphatic rings. The highest BCUT2D eigenvalue weighted by atomic mass is 79.9. The molecule has 0 bridgehead atoms. The van der Waals surface area contributed by atoms with Crippen molar-refractivity contribution in [1.29, 1.82) is 0 Å². The Bertz CT molecular complexity index is 595. The van der Waals surface area contributed by atoms with Crippen molar-refractivity contribution in [2.75, 3.05) is 0 Å². The van der Waals surface area contributed by atoms with Gasteiger partial charge < -0.3 is 9.52 Å². The molecule has 0 unspecified atom stereocenters. The van der Waals surface area contributed by atoms with E-state index >= 15 is 0 Å². The molecule has 0 fully saturated rings. The molecule has 0 aliphatic carbocycles. The van der Waals surface area contributed by atoms with E-state index < -0.39 is 5.97 Å². The molecular formula is C13H13BrN2O3. The summed E-state index contributed by atoms with van der Waals surface area (Å²) in [5.74, 6) is 0.0983. The van der Waals surface area contributed by atoms with Gasteiger partial charge in [0.05, 0.1) is 0 Å². The molecule has 0 atom stereocenters. The van der Waals surface area contributed by atoms with Crippen LogP contribution in [0, 0.1) is 6.92 Å². The number of aliphatic carboxylic acids is 1. The lowest BCUT2D eigenvalue weighted by atomic mass is 10.1. The number of aryl methyl sites for hydroxylation is 2. The highest BCUT2D eigenvalue weighted by molar-refractivity contribution is 9.10. The van der Waals surface area contributed by atoms with Gasteiger partial charge in [-0.2, -0.15) is 0 Å². The maximum Gasteiger partial charge on any atom is 0.303 e. The molecule has 0 amide bonds. The van der Waals surface area contributed by atoms with Crippen LogP contribution in [0.15, 0.2) is 27.1 Å². The van der Waals surface area contributed by atoms with E-state index in [0.717, 1.165) is 15.6 Å². The lowest BCUT2D eigenvalue weighted by molar-refractivity contribution is -0.137. The molecule has 1 aromatic heterocycles. The average Bonchev–Trinajstić information content (AvgIpc) is 2.81. The van der Waals surface area contributed by atoms with Crippen molar-refractivity contribution >= 4 is 21.9 Å². The van der Waals surface area contributed by atoms with Gasteiger partial charge in [-0.15, -0.1) is 10.2 Å². The highest BCUT2D eigenvalue weighted by Gasteiger charge is 2.10. The molecule has 100 valence electrons. The van der Waals surface area contributed by atoms with Crippen molar-refractivity contribution in [3.8, 4) is 11.5 Å². The van der Waals surface area contributed by atoms with E-state index in [1.165, 1.54) is 0 Å². The van der Waals surface area contributed by atoms with Crippen LogP contribution in [0.2, 0.25) is 0 Å². The van der Waals surface area contributed by atoms with Crippen molar-refractivity contribution in [2.24, 2.45) is 0 Å². The van der Waals surface area contributed by atoms with Crippen LogP contribution in [0.4, 0.5) is 0 Å². The normalized spacial score (nSPS) is 10.6. The monoisotopic (exact) mass is 324 g/mol. The van der Waals surface area contributed by atoms with E-state index in [-0.39, 0.29) is 6.42 Å². The first-order chi connectivity index (χ1) is 9.06. The summed E-state index contributed by atoms with van der Waals surface area (Å²) < 4.78 is 6.49. The van der Waals surface area contributed by atoms with Crippen LogP contribution in [0.5, 0.6) is 0 Å². The van der Waals surface area contributed by atoms with Crippen LogP contribution in [0.25, 0.3) is 11.5 Å². The maximum absolute atomic E-state index is 10.4. The Morgan fingerprint density at radius 3 is 2.89 bits per heavy atom. The second kappa shape index (κ2) is 5.97. The first-order valence-electron chi connectivity index (χ1n) is 5.87. The summed E-state index contributed by atoms with van der Waals surface area (Å²) in [6, 6.07) is 5.80. The summed E-state index contributed by atoms with van der Waals surface area (Å²) in [6.45, 7) is 2.00. The van der Waals surface area contributed by atoms with Gasteiger partial charge in [-0.3, -0.25) is 4.79 Å². The quantitative estimate of drug-likeness (QED) is 0.913. The van der Waals surface area contributed by atoms with Crippen molar-refractivity contribution < 1.29 is 14.3 Å². The van der Waals surface area contributed by atoms with Crippen LogP contribution >= 0.6 is 15.9 Å². The summed E-state index contributed by atoms with van der Waals surface area (Å²) in [7, 11) is 0. The van der Waals surface area contributed by atoms with E-state index in [9.17, 15) is 4.79 Å². The van der Waals surface area contributed by atoms with Gasteiger partial charge in [-0.05, 0) is 31.0 Å². The number of nitrogens with zero attached hydrogens (tertiary/aromatic N) is 2. The van der Waals surface area contributed by atoms with Crippen LogP contribution in [-0.2, 0) is 11.2 Å². The lowest BCUT2D eigenvalue weighted by Crippen LogP contribution is -1.95. The molecule has 5 nitrogen and oxygen atoms in total. The first-order valence-corrected chi connectivity index (χ1v) is 6.66. The second-order valence-corrected chi connectivity index (χ2v) is 5.07. The Labute approximate surface area is 118 Å². The molecule has 1 aromatic carbocycles. The fraction of sp³-hybridized carbons (Fsp3) is 0.308. The molecule has 0 radical (unpaired) electrons. The largest absolute Gasteiger partial charge is 0.481 e. The molecule has 0 saturated heterocycles. The minimum Gasteiger partial charge on any atom is -0.481 e. The third kappa shape index (κ3) is 3.64. The Morgan fingerprint density at radius 1 is 1.42 bits per heavy atom. The standard InChI is InChI=1S/C13H13BrN2O3/c1-8-5-6-9(7-10(8)14)13-16-15-11(19-13)3-2-4-12(17)18/h5-7H,2-4H2,1H3,(H,17,18). The molecule has 6 heteroatoms. The number of rotatable bonds is 5. The predicted molar refractivity (Wildman–Crippen MR) is 72.7 cm³/mol. The van der Waals surface area contributed by atoms with E-state index in [4.69, 9.17) is 9.52 Å². The lowest BCUT2D eigenvalue weighted by Gasteiger charge is -1.99. The molecule has 0 spiro atoms. The van der Waals surface area contributed by atoms with Crippen molar-refractivity contribution in [3.05, 3.63) is 34.1 Å². The second-order valence-electron chi connectivity index (χ2n) is 4.21. The molecule has 2 aromatic rings. The summed E-state index contributed by atoms with van der Waals surface area (Å²) in [5, 5.41) is 16.4. The predicted octanol–water partition coefficient (Wildman–Crippen LogP) is 3.21. The van der Waals surface area contributed by atoms with Crippen molar-refractivity contribution in [1.82, 2.24) is 10.2 Å². The fourth-order valence-corrected chi connectivity index (χ4v) is 1.97. The molecule has 2 rings (SSSR count). The third-order valence-electron chi connectivity index (χ3n) is 2.67. The number of carboxylic acid groups (broad SMARTS) is 1. The van der Waals surface area contributed by atoms with Crippen LogP contribution < -0.4 is 0 Å². The Balaban J connectivity index is 2.07. The fourth-order valence-electron chi connectivity index (χ4n) is 1.59. The minimum absolute atomic E-state index is 0.105. The van der Waals surface area contributed by atoms with E-state index in [1.54, 1.807) is 0 Å². The topological polar surface area (TPSA) is 76.2 Å². The average molecular weight is 325 g/mol. The number of aromatic nitrogens is 2. The van der Waals surface area contributed by atoms with Crippen LogP contribution in [0.1, 0.15) is 24.3 Å². The van der Waals surface area contributed by atoms with Gasteiger partial charge in [0.2, 0.25) is 11.8 Å². The summed E-state index contributed by atoms with van der Waals surface area (Å²) in [6.07, 6.45) is 1.08. The zero-order valence-electron chi connectivity index (χ0n) is 10.4. The summed E-state index contributed by atoms with van der Waals surface area (Å²) in [4.78, 5) is 10.4. The Morgan fingerprint density at radius 2 is 2.21 bits per heavy atom. The number of halogens is 1. The number of hydrogen-bond acceptors (Lipinski definition) is 4. The Kier molecular flexibility index (Phi) is 4.31. The first kappa shape index (κ1) is 13.7. The zero-order valence-corrected chi connectivity index (χ0v) is 12.0. The Hall–Kier alpha value is -1.69. The molecule has 1 heterocycles. The van der Waals surface area contributed by atoms with Gasteiger partial charge in [0.1, 0.15) is 0 Å². The van der Waals surface area contributed by atoms with Crippen LogP contribution in [-0.4, -0.2) is 21.3 Å². The number of hydrogen-bond donors (Lipinski definition) is 1. The highest BCUT2D eigenvalue weighted by Crippen LogP contribution is 2.24. The minimum atomic E-state index is -0.817. The van der Waals surface area contributed by atoms with Gasteiger partial charge in [-0.25, -0.2) is 0 Å². The van der Waals surface area contributed by atoms with Gasteiger partial charge >= 0.3 is 5.97 Å². The van der Waals surface area contributed by atoms with Crippen molar-refractivity contribution in [2.45, 2.75) is 26.2 Å². The molecule has 0 saturated carbocycles. The van der Waals surface area contributed by atoms with Gasteiger partial charge in [0, 0.05) is 22.9 Å². The number of carbonyl (C=O) groups is 1. The van der Waals surface area contributed by atoms with E-state index in [0.29, 0.717) is 24.6 Å². The van der Waals surface area contributed by atoms with Crippen molar-refractivity contribution in [3.63, 3.8) is 0 Å². The van der Waals surface area contributed by atoms with Gasteiger partial charge in [0.25, 0.3) is 0 Å². The van der Waals surface area contributed by atoms with Gasteiger partial charge in [0.15, 0.2) is 0 Å².